The summed E-state index contributed by atoms with van der Waals surface area (Å²) < 4.78 is 6.31. The molecule has 0 saturated heterocycles. The van der Waals surface area contributed by atoms with Gasteiger partial charge in [0.05, 0.1) is 12.0 Å². The van der Waals surface area contributed by atoms with Gasteiger partial charge in [0.25, 0.3) is 0 Å². The maximum absolute atomic E-state index is 9.47. The molecule has 2 aliphatic rings. The average Bonchev–Trinajstić information content (AvgIpc) is 2.24. The number of nitrogens with zero attached hydrogens (tertiary/aromatic N) is 1. The highest BCUT2D eigenvalue weighted by Crippen LogP contribution is 2.53. The first-order valence-corrected chi connectivity index (χ1v) is 10.8. The Bertz CT molecular complexity index is 343. The van der Waals surface area contributed by atoms with Crippen molar-refractivity contribution < 1.29 is 4.43 Å². The van der Waals surface area contributed by atoms with Crippen LogP contribution in [0.3, 0.4) is 0 Å². The van der Waals surface area contributed by atoms with Crippen LogP contribution in [0, 0.1) is 28.6 Å². The van der Waals surface area contributed by atoms with Crippen LogP contribution in [0.1, 0.15) is 45.4 Å². The summed E-state index contributed by atoms with van der Waals surface area (Å²) in [6, 6.07) is 2.58. The molecule has 2 saturated carbocycles. The van der Waals surface area contributed by atoms with Crippen LogP contribution in [-0.2, 0) is 4.43 Å². The highest BCUT2D eigenvalue weighted by molar-refractivity contribution is 6.69. The van der Waals surface area contributed by atoms with Gasteiger partial charge in [0.15, 0.2) is 8.32 Å². The Morgan fingerprint density at radius 3 is 2.61 bits per heavy atom. The second kappa shape index (κ2) is 4.98. The zero-order chi connectivity index (χ0) is 13.4. The maximum atomic E-state index is 9.47. The SMILES string of the molecule is C[C@]12CCCC[C@H]1[C@H](C#N)C[C@H](O[Si](C)(C)C)C2. The molecular formula is C15H27NOSi. The van der Waals surface area contributed by atoms with Gasteiger partial charge in [0, 0.05) is 6.10 Å². The first kappa shape index (κ1) is 14.1. The van der Waals surface area contributed by atoms with Crippen molar-refractivity contribution in [1.29, 1.82) is 5.26 Å². The van der Waals surface area contributed by atoms with Crippen LogP contribution < -0.4 is 0 Å². The van der Waals surface area contributed by atoms with Crippen molar-refractivity contribution in [2.75, 3.05) is 0 Å². The van der Waals surface area contributed by atoms with E-state index in [2.05, 4.69) is 32.6 Å². The van der Waals surface area contributed by atoms with Crippen molar-refractivity contribution in [1.82, 2.24) is 0 Å². The molecule has 0 aromatic rings. The van der Waals surface area contributed by atoms with E-state index in [0.29, 0.717) is 17.4 Å². The number of nitriles is 1. The molecule has 0 amide bonds. The van der Waals surface area contributed by atoms with Crippen LogP contribution in [0.4, 0.5) is 0 Å². The summed E-state index contributed by atoms with van der Waals surface area (Å²) in [6.07, 6.45) is 7.69. The fourth-order valence-electron chi connectivity index (χ4n) is 4.15. The van der Waals surface area contributed by atoms with E-state index in [1.165, 1.54) is 32.1 Å². The number of rotatable bonds is 2. The van der Waals surface area contributed by atoms with Gasteiger partial charge >= 0.3 is 0 Å². The van der Waals surface area contributed by atoms with Crippen molar-refractivity contribution >= 4 is 8.32 Å². The standard InChI is InChI=1S/C15H27NOSi/c1-15-8-6-5-7-14(15)12(11-16)9-13(10-15)17-18(2,3)4/h12-14H,5-10H2,1-4H3/t12-,13-,14-,15+/m0/s1. The maximum Gasteiger partial charge on any atom is 0.184 e. The normalized spacial score (nSPS) is 40.9. The molecule has 0 spiro atoms. The van der Waals surface area contributed by atoms with Gasteiger partial charge in [-0.3, -0.25) is 0 Å². The molecular weight excluding hydrogens is 238 g/mol. The van der Waals surface area contributed by atoms with E-state index < -0.39 is 8.32 Å². The summed E-state index contributed by atoms with van der Waals surface area (Å²) >= 11 is 0. The molecule has 0 N–H and O–H groups in total. The molecule has 2 aliphatic carbocycles. The minimum absolute atomic E-state index is 0.227. The van der Waals surface area contributed by atoms with Crippen LogP contribution in [0.5, 0.6) is 0 Å². The molecule has 2 rings (SSSR count). The van der Waals surface area contributed by atoms with Crippen LogP contribution in [0.2, 0.25) is 19.6 Å². The fraction of sp³-hybridized carbons (Fsp3) is 0.933. The Balaban J connectivity index is 2.13. The monoisotopic (exact) mass is 265 g/mol. The summed E-state index contributed by atoms with van der Waals surface area (Å²) in [5.74, 6) is 0.850. The van der Waals surface area contributed by atoms with Crippen molar-refractivity contribution in [3.63, 3.8) is 0 Å². The van der Waals surface area contributed by atoms with Crippen molar-refractivity contribution in [3.05, 3.63) is 0 Å². The van der Waals surface area contributed by atoms with E-state index in [-0.39, 0.29) is 5.92 Å². The molecule has 18 heavy (non-hydrogen) atoms. The number of hydrogen-bond donors (Lipinski definition) is 0. The molecule has 2 fully saturated rings. The first-order valence-electron chi connectivity index (χ1n) is 7.41. The van der Waals surface area contributed by atoms with Crippen LogP contribution in [0.25, 0.3) is 0 Å². The van der Waals surface area contributed by atoms with Crippen molar-refractivity contribution in [3.8, 4) is 6.07 Å². The lowest BCUT2D eigenvalue weighted by Crippen LogP contribution is -2.47. The Hall–Kier alpha value is -0.333. The number of fused-ring (bicyclic) bond motifs is 1. The van der Waals surface area contributed by atoms with E-state index in [1.54, 1.807) is 0 Å². The molecule has 4 atom stereocenters. The Labute approximate surface area is 113 Å². The van der Waals surface area contributed by atoms with Gasteiger partial charge in [0.2, 0.25) is 0 Å². The molecule has 0 unspecified atom stereocenters. The molecule has 0 radical (unpaired) electrons. The van der Waals surface area contributed by atoms with Gasteiger partial charge < -0.3 is 4.43 Å². The first-order chi connectivity index (χ1) is 8.34. The van der Waals surface area contributed by atoms with Gasteiger partial charge in [-0.05, 0) is 56.7 Å². The van der Waals surface area contributed by atoms with E-state index in [4.69, 9.17) is 4.43 Å². The lowest BCUT2D eigenvalue weighted by atomic mass is 9.56. The molecule has 0 heterocycles. The van der Waals surface area contributed by atoms with Gasteiger partial charge in [-0.1, -0.05) is 19.8 Å². The predicted molar refractivity (Wildman–Crippen MR) is 76.6 cm³/mol. The predicted octanol–water partition coefficient (Wildman–Crippen LogP) is 4.34. The summed E-state index contributed by atoms with van der Waals surface area (Å²) in [5.41, 5.74) is 0.362. The third-order valence-corrected chi connectivity index (χ3v) is 5.83. The molecule has 3 heteroatoms. The minimum Gasteiger partial charge on any atom is -0.415 e. The molecule has 2 nitrogen and oxygen atoms in total. The zero-order valence-electron chi connectivity index (χ0n) is 12.3. The zero-order valence-corrected chi connectivity index (χ0v) is 13.3. The van der Waals surface area contributed by atoms with E-state index >= 15 is 0 Å². The summed E-state index contributed by atoms with van der Waals surface area (Å²) in [6.45, 7) is 9.16. The smallest absolute Gasteiger partial charge is 0.184 e. The summed E-state index contributed by atoms with van der Waals surface area (Å²) in [5, 5.41) is 9.47. The molecule has 0 aromatic carbocycles. The minimum atomic E-state index is -1.49. The summed E-state index contributed by atoms with van der Waals surface area (Å²) in [4.78, 5) is 0. The quantitative estimate of drug-likeness (QED) is 0.696. The third-order valence-electron chi connectivity index (χ3n) is 4.79. The van der Waals surface area contributed by atoms with Gasteiger partial charge in [-0.2, -0.15) is 5.26 Å². The van der Waals surface area contributed by atoms with Crippen LogP contribution in [0.15, 0.2) is 0 Å². The van der Waals surface area contributed by atoms with Gasteiger partial charge in [-0.15, -0.1) is 0 Å². The largest absolute Gasteiger partial charge is 0.415 e. The van der Waals surface area contributed by atoms with E-state index in [0.717, 1.165) is 6.42 Å². The Kier molecular flexibility index (Phi) is 3.90. The fourth-order valence-corrected chi connectivity index (χ4v) is 5.33. The Morgan fingerprint density at radius 2 is 2.00 bits per heavy atom. The highest BCUT2D eigenvalue weighted by Gasteiger charge is 2.47. The average molecular weight is 265 g/mol. The van der Waals surface area contributed by atoms with Crippen molar-refractivity contribution in [2.24, 2.45) is 17.3 Å². The lowest BCUT2D eigenvalue weighted by Gasteiger charge is -2.50. The lowest BCUT2D eigenvalue weighted by molar-refractivity contribution is -0.0282. The van der Waals surface area contributed by atoms with Crippen molar-refractivity contribution in [2.45, 2.75) is 71.2 Å². The van der Waals surface area contributed by atoms with E-state index in [9.17, 15) is 5.26 Å². The van der Waals surface area contributed by atoms with Gasteiger partial charge in [0.1, 0.15) is 0 Å². The number of hydrogen-bond acceptors (Lipinski definition) is 2. The van der Waals surface area contributed by atoms with Crippen LogP contribution in [-0.4, -0.2) is 14.4 Å². The topological polar surface area (TPSA) is 33.0 Å². The molecule has 102 valence electrons. The van der Waals surface area contributed by atoms with Gasteiger partial charge in [-0.25, -0.2) is 0 Å². The van der Waals surface area contributed by atoms with E-state index in [1.807, 2.05) is 0 Å². The molecule has 0 bridgehead atoms. The third kappa shape index (κ3) is 2.97. The highest BCUT2D eigenvalue weighted by atomic mass is 28.4. The van der Waals surface area contributed by atoms with Crippen LogP contribution >= 0.6 is 0 Å². The summed E-state index contributed by atoms with van der Waals surface area (Å²) in [7, 11) is -1.49. The molecule has 0 aliphatic heterocycles. The second-order valence-corrected chi connectivity index (χ2v) is 12.0. The molecule has 0 aromatic heterocycles. The Morgan fingerprint density at radius 1 is 1.28 bits per heavy atom. The second-order valence-electron chi connectivity index (χ2n) is 7.53.